The summed E-state index contributed by atoms with van der Waals surface area (Å²) < 4.78 is 0. The SMILES string of the molecule is CCN(CC(N)=O)CC(C)(C)O. The molecule has 0 heterocycles. The number of rotatable bonds is 5. The molecule has 4 heteroatoms. The maximum atomic E-state index is 10.6. The standard InChI is InChI=1S/C8H18N2O2/c1-4-10(5-7(9)11)6-8(2,3)12/h12H,4-6H2,1-3H3,(H2,9,11). The Kier molecular flexibility index (Phi) is 4.20. The lowest BCUT2D eigenvalue weighted by Gasteiger charge is -2.26. The molecule has 0 radical (unpaired) electrons. The van der Waals surface area contributed by atoms with E-state index in [9.17, 15) is 9.90 Å². The third kappa shape index (κ3) is 6.12. The van der Waals surface area contributed by atoms with Crippen molar-refractivity contribution in [3.63, 3.8) is 0 Å². The van der Waals surface area contributed by atoms with E-state index in [1.807, 2.05) is 11.8 Å². The van der Waals surface area contributed by atoms with Crippen LogP contribution in [0.2, 0.25) is 0 Å². The second-order valence-electron chi connectivity index (χ2n) is 3.58. The predicted molar refractivity (Wildman–Crippen MR) is 47.6 cm³/mol. The van der Waals surface area contributed by atoms with Crippen molar-refractivity contribution in [3.8, 4) is 0 Å². The quantitative estimate of drug-likeness (QED) is 0.594. The first-order valence-electron chi connectivity index (χ1n) is 4.08. The molecular weight excluding hydrogens is 156 g/mol. The molecule has 0 saturated heterocycles. The molecule has 0 aliphatic rings. The molecule has 0 spiro atoms. The second-order valence-corrected chi connectivity index (χ2v) is 3.58. The van der Waals surface area contributed by atoms with Crippen LogP contribution in [-0.4, -0.2) is 41.1 Å². The molecule has 0 aromatic rings. The summed E-state index contributed by atoms with van der Waals surface area (Å²) in [6, 6.07) is 0. The minimum Gasteiger partial charge on any atom is -0.389 e. The highest BCUT2D eigenvalue weighted by molar-refractivity contribution is 5.75. The van der Waals surface area contributed by atoms with Crippen molar-refractivity contribution in [3.05, 3.63) is 0 Å². The molecule has 72 valence electrons. The molecule has 0 aliphatic carbocycles. The van der Waals surface area contributed by atoms with Gasteiger partial charge in [0, 0.05) is 6.54 Å². The molecule has 0 aliphatic heterocycles. The van der Waals surface area contributed by atoms with Gasteiger partial charge in [-0.2, -0.15) is 0 Å². The zero-order chi connectivity index (χ0) is 9.78. The van der Waals surface area contributed by atoms with Crippen LogP contribution in [0.5, 0.6) is 0 Å². The fraction of sp³-hybridized carbons (Fsp3) is 0.875. The number of hydrogen-bond acceptors (Lipinski definition) is 3. The molecule has 0 bridgehead atoms. The van der Waals surface area contributed by atoms with Crippen LogP contribution in [0, 0.1) is 0 Å². The summed E-state index contributed by atoms with van der Waals surface area (Å²) in [6.07, 6.45) is 0. The average Bonchev–Trinajstić information content (AvgIpc) is 1.82. The van der Waals surface area contributed by atoms with Gasteiger partial charge < -0.3 is 10.8 Å². The van der Waals surface area contributed by atoms with E-state index >= 15 is 0 Å². The Morgan fingerprint density at radius 3 is 2.33 bits per heavy atom. The first kappa shape index (κ1) is 11.4. The van der Waals surface area contributed by atoms with E-state index < -0.39 is 5.60 Å². The van der Waals surface area contributed by atoms with Gasteiger partial charge in [0.05, 0.1) is 12.1 Å². The van der Waals surface area contributed by atoms with Gasteiger partial charge in [0.15, 0.2) is 0 Å². The summed E-state index contributed by atoms with van der Waals surface area (Å²) >= 11 is 0. The molecule has 3 N–H and O–H groups in total. The number of nitrogens with two attached hydrogens (primary N) is 1. The van der Waals surface area contributed by atoms with Crippen LogP contribution in [-0.2, 0) is 4.79 Å². The van der Waals surface area contributed by atoms with E-state index in [1.54, 1.807) is 13.8 Å². The van der Waals surface area contributed by atoms with Crippen LogP contribution in [0.1, 0.15) is 20.8 Å². The van der Waals surface area contributed by atoms with E-state index in [-0.39, 0.29) is 12.5 Å². The van der Waals surface area contributed by atoms with Gasteiger partial charge in [-0.15, -0.1) is 0 Å². The van der Waals surface area contributed by atoms with E-state index in [0.29, 0.717) is 13.1 Å². The van der Waals surface area contributed by atoms with Gasteiger partial charge in [-0.1, -0.05) is 6.92 Å². The lowest BCUT2D eigenvalue weighted by molar-refractivity contribution is -0.119. The normalized spacial score (nSPS) is 12.1. The maximum Gasteiger partial charge on any atom is 0.231 e. The zero-order valence-electron chi connectivity index (χ0n) is 8.00. The lowest BCUT2D eigenvalue weighted by Crippen LogP contribution is -2.42. The summed E-state index contributed by atoms with van der Waals surface area (Å²) in [6.45, 7) is 6.72. The molecule has 0 aromatic carbocycles. The number of likely N-dealkylation sites (N-methyl/N-ethyl adjacent to an activating group) is 1. The average molecular weight is 174 g/mol. The van der Waals surface area contributed by atoms with Crippen molar-refractivity contribution in [2.45, 2.75) is 26.4 Å². The second kappa shape index (κ2) is 4.42. The van der Waals surface area contributed by atoms with Crippen LogP contribution in [0.25, 0.3) is 0 Å². The number of nitrogens with zero attached hydrogens (tertiary/aromatic N) is 1. The molecule has 0 atom stereocenters. The highest BCUT2D eigenvalue weighted by Crippen LogP contribution is 2.03. The molecule has 0 saturated carbocycles. The fourth-order valence-electron chi connectivity index (χ4n) is 1.05. The van der Waals surface area contributed by atoms with E-state index in [0.717, 1.165) is 0 Å². The molecule has 0 rings (SSSR count). The summed E-state index contributed by atoms with van der Waals surface area (Å²) in [5.41, 5.74) is 4.25. The van der Waals surface area contributed by atoms with Crippen LogP contribution >= 0.6 is 0 Å². The number of carbonyl (C=O) groups excluding carboxylic acids is 1. The molecule has 0 aromatic heterocycles. The first-order chi connectivity index (χ1) is 5.35. The van der Waals surface area contributed by atoms with Crippen LogP contribution in [0.4, 0.5) is 0 Å². The number of hydrogen-bond donors (Lipinski definition) is 2. The Bertz CT molecular complexity index is 152. The van der Waals surface area contributed by atoms with Crippen LogP contribution < -0.4 is 5.73 Å². The van der Waals surface area contributed by atoms with Crippen molar-refractivity contribution in [1.29, 1.82) is 0 Å². The van der Waals surface area contributed by atoms with Crippen molar-refractivity contribution in [2.24, 2.45) is 5.73 Å². The topological polar surface area (TPSA) is 66.6 Å². The largest absolute Gasteiger partial charge is 0.389 e. The predicted octanol–water partition coefficient (Wildman–Crippen LogP) is -0.435. The smallest absolute Gasteiger partial charge is 0.231 e. The number of primary amides is 1. The number of aliphatic hydroxyl groups is 1. The van der Waals surface area contributed by atoms with Gasteiger partial charge >= 0.3 is 0 Å². The molecular formula is C8H18N2O2. The Labute approximate surface area is 73.3 Å². The van der Waals surface area contributed by atoms with Crippen LogP contribution in [0.3, 0.4) is 0 Å². The Morgan fingerprint density at radius 1 is 1.58 bits per heavy atom. The van der Waals surface area contributed by atoms with Crippen molar-refractivity contribution < 1.29 is 9.90 Å². The Hall–Kier alpha value is -0.610. The third-order valence-electron chi connectivity index (χ3n) is 1.44. The lowest BCUT2D eigenvalue weighted by atomic mass is 10.1. The summed E-state index contributed by atoms with van der Waals surface area (Å²) in [5, 5.41) is 9.44. The molecule has 1 amide bonds. The number of amides is 1. The van der Waals surface area contributed by atoms with E-state index in [4.69, 9.17) is 5.73 Å². The molecule has 4 nitrogen and oxygen atoms in total. The first-order valence-corrected chi connectivity index (χ1v) is 4.08. The zero-order valence-corrected chi connectivity index (χ0v) is 8.00. The monoisotopic (exact) mass is 174 g/mol. The third-order valence-corrected chi connectivity index (χ3v) is 1.44. The van der Waals surface area contributed by atoms with E-state index in [1.165, 1.54) is 0 Å². The summed E-state index contributed by atoms with van der Waals surface area (Å²) in [4.78, 5) is 12.4. The van der Waals surface area contributed by atoms with Gasteiger partial charge in [-0.25, -0.2) is 0 Å². The van der Waals surface area contributed by atoms with Crippen molar-refractivity contribution in [1.82, 2.24) is 4.90 Å². The highest BCUT2D eigenvalue weighted by Gasteiger charge is 2.17. The van der Waals surface area contributed by atoms with E-state index in [2.05, 4.69) is 0 Å². The summed E-state index contributed by atoms with van der Waals surface area (Å²) in [5.74, 6) is -0.360. The minimum absolute atomic E-state index is 0.209. The maximum absolute atomic E-state index is 10.6. The van der Waals surface area contributed by atoms with Gasteiger partial charge in [-0.3, -0.25) is 9.69 Å². The van der Waals surface area contributed by atoms with Crippen LogP contribution in [0.15, 0.2) is 0 Å². The Balaban J connectivity index is 3.92. The van der Waals surface area contributed by atoms with Gasteiger partial charge in [0.1, 0.15) is 0 Å². The van der Waals surface area contributed by atoms with Gasteiger partial charge in [0.25, 0.3) is 0 Å². The molecule has 0 unspecified atom stereocenters. The molecule has 0 fully saturated rings. The highest BCUT2D eigenvalue weighted by atomic mass is 16.3. The van der Waals surface area contributed by atoms with Crippen molar-refractivity contribution >= 4 is 5.91 Å². The fourth-order valence-corrected chi connectivity index (χ4v) is 1.05. The van der Waals surface area contributed by atoms with Gasteiger partial charge in [-0.05, 0) is 20.4 Å². The van der Waals surface area contributed by atoms with Gasteiger partial charge in [0.2, 0.25) is 5.91 Å². The number of carbonyl (C=O) groups is 1. The minimum atomic E-state index is -0.772. The summed E-state index contributed by atoms with van der Waals surface area (Å²) in [7, 11) is 0. The van der Waals surface area contributed by atoms with Crippen molar-refractivity contribution in [2.75, 3.05) is 19.6 Å². The molecule has 12 heavy (non-hydrogen) atoms. The Morgan fingerprint density at radius 2 is 2.08 bits per heavy atom.